The fourth-order valence-electron chi connectivity index (χ4n) is 2.95. The molecular weight excluding hydrogens is 392 g/mol. The van der Waals surface area contributed by atoms with Gasteiger partial charge in [-0.1, -0.05) is 25.5 Å². The number of carbonyl (C=O) groups is 1. The fourth-order valence-corrected chi connectivity index (χ4v) is 4.36. The molecule has 3 rings (SSSR count). The summed E-state index contributed by atoms with van der Waals surface area (Å²) in [6.45, 7) is 4.10. The standard InChI is InChI=1S/C21H26N2O5S/c1-2-3-14-28-20-7-5-4-6-19(20)21(24)22-17-8-10-18(11-9-17)29(25,26)23-12-15-27-16-13-23/h4-11H,2-3,12-16H2,1H3,(H,22,24). The highest BCUT2D eigenvalue weighted by molar-refractivity contribution is 7.89. The minimum absolute atomic E-state index is 0.195. The Labute approximate surface area is 171 Å². The van der Waals surface area contributed by atoms with Crippen LogP contribution in [-0.4, -0.2) is 51.5 Å². The molecule has 0 saturated carbocycles. The Hall–Kier alpha value is -2.42. The minimum Gasteiger partial charge on any atom is -0.493 e. The Kier molecular flexibility index (Phi) is 7.24. The summed E-state index contributed by atoms with van der Waals surface area (Å²) < 4.78 is 37.7. The van der Waals surface area contributed by atoms with Gasteiger partial charge in [-0.2, -0.15) is 4.31 Å². The molecule has 156 valence electrons. The van der Waals surface area contributed by atoms with Crippen LogP contribution in [0.3, 0.4) is 0 Å². The Morgan fingerprint density at radius 3 is 2.48 bits per heavy atom. The molecule has 1 N–H and O–H groups in total. The predicted molar refractivity (Wildman–Crippen MR) is 111 cm³/mol. The number of carbonyl (C=O) groups excluding carboxylic acids is 1. The van der Waals surface area contributed by atoms with Crippen molar-refractivity contribution in [3.63, 3.8) is 0 Å². The van der Waals surface area contributed by atoms with Crippen LogP contribution in [0, 0.1) is 0 Å². The first-order valence-corrected chi connectivity index (χ1v) is 11.2. The summed E-state index contributed by atoms with van der Waals surface area (Å²) >= 11 is 0. The van der Waals surface area contributed by atoms with E-state index in [-0.39, 0.29) is 10.8 Å². The van der Waals surface area contributed by atoms with Crippen molar-refractivity contribution in [3.8, 4) is 5.75 Å². The minimum atomic E-state index is -3.56. The zero-order valence-electron chi connectivity index (χ0n) is 16.5. The number of morpholine rings is 1. The zero-order chi connectivity index (χ0) is 20.7. The molecule has 29 heavy (non-hydrogen) atoms. The smallest absolute Gasteiger partial charge is 0.259 e. The molecule has 0 unspecified atom stereocenters. The van der Waals surface area contributed by atoms with Gasteiger partial charge in [0.05, 0.1) is 30.3 Å². The molecule has 1 aliphatic rings. The molecule has 1 aliphatic heterocycles. The lowest BCUT2D eigenvalue weighted by Gasteiger charge is -2.26. The van der Waals surface area contributed by atoms with Crippen LogP contribution >= 0.6 is 0 Å². The van der Waals surface area contributed by atoms with Crippen molar-refractivity contribution in [2.75, 3.05) is 38.2 Å². The molecule has 2 aromatic carbocycles. The number of sulfonamides is 1. The highest BCUT2D eigenvalue weighted by Gasteiger charge is 2.26. The molecule has 8 heteroatoms. The van der Waals surface area contributed by atoms with Crippen molar-refractivity contribution in [1.29, 1.82) is 0 Å². The highest BCUT2D eigenvalue weighted by atomic mass is 32.2. The van der Waals surface area contributed by atoms with Gasteiger partial charge in [0.2, 0.25) is 10.0 Å². The van der Waals surface area contributed by atoms with Gasteiger partial charge in [0.1, 0.15) is 5.75 Å². The van der Waals surface area contributed by atoms with Crippen molar-refractivity contribution in [2.45, 2.75) is 24.7 Å². The molecule has 1 fully saturated rings. The Balaban J connectivity index is 1.69. The average molecular weight is 419 g/mol. The largest absolute Gasteiger partial charge is 0.493 e. The summed E-state index contributed by atoms with van der Waals surface area (Å²) in [6, 6.07) is 13.3. The second-order valence-corrected chi connectivity index (χ2v) is 8.63. The van der Waals surface area contributed by atoms with Crippen LogP contribution in [-0.2, 0) is 14.8 Å². The van der Waals surface area contributed by atoms with Crippen LogP contribution in [0.5, 0.6) is 5.75 Å². The molecule has 0 aromatic heterocycles. The van der Waals surface area contributed by atoms with E-state index in [1.165, 1.54) is 16.4 Å². The zero-order valence-corrected chi connectivity index (χ0v) is 17.3. The van der Waals surface area contributed by atoms with Gasteiger partial charge in [-0.25, -0.2) is 8.42 Å². The van der Waals surface area contributed by atoms with E-state index in [1.807, 2.05) is 6.07 Å². The monoisotopic (exact) mass is 418 g/mol. The summed E-state index contributed by atoms with van der Waals surface area (Å²) in [4.78, 5) is 12.9. The second-order valence-electron chi connectivity index (χ2n) is 6.69. The molecule has 0 spiro atoms. The van der Waals surface area contributed by atoms with Crippen LogP contribution in [0.15, 0.2) is 53.4 Å². The third-order valence-electron chi connectivity index (χ3n) is 4.61. The Morgan fingerprint density at radius 2 is 1.79 bits per heavy atom. The molecule has 1 amide bonds. The van der Waals surface area contributed by atoms with Crippen LogP contribution < -0.4 is 10.1 Å². The normalized spacial score (nSPS) is 15.1. The van der Waals surface area contributed by atoms with Crippen molar-refractivity contribution in [3.05, 3.63) is 54.1 Å². The number of benzene rings is 2. The summed E-state index contributed by atoms with van der Waals surface area (Å²) in [6.07, 6.45) is 1.92. The van der Waals surface area contributed by atoms with Crippen LogP contribution in [0.4, 0.5) is 5.69 Å². The first-order valence-electron chi connectivity index (χ1n) is 9.73. The number of unbranched alkanes of at least 4 members (excludes halogenated alkanes) is 1. The van der Waals surface area contributed by atoms with E-state index >= 15 is 0 Å². The van der Waals surface area contributed by atoms with Crippen molar-refractivity contribution in [2.24, 2.45) is 0 Å². The van der Waals surface area contributed by atoms with E-state index in [4.69, 9.17) is 9.47 Å². The molecular formula is C21H26N2O5S. The highest BCUT2D eigenvalue weighted by Crippen LogP contribution is 2.22. The summed E-state index contributed by atoms with van der Waals surface area (Å²) in [5.74, 6) is 0.228. The molecule has 0 bridgehead atoms. The molecule has 1 saturated heterocycles. The van der Waals surface area contributed by atoms with Gasteiger partial charge >= 0.3 is 0 Å². The number of hydrogen-bond acceptors (Lipinski definition) is 5. The van der Waals surface area contributed by atoms with Gasteiger partial charge in [-0.05, 0) is 42.8 Å². The molecule has 7 nitrogen and oxygen atoms in total. The quantitative estimate of drug-likeness (QED) is 0.666. The lowest BCUT2D eigenvalue weighted by atomic mass is 10.2. The third-order valence-corrected chi connectivity index (χ3v) is 6.52. The molecule has 0 atom stereocenters. The van der Waals surface area contributed by atoms with Crippen molar-refractivity contribution < 1.29 is 22.7 Å². The van der Waals surface area contributed by atoms with Crippen molar-refractivity contribution in [1.82, 2.24) is 4.31 Å². The average Bonchev–Trinajstić information content (AvgIpc) is 2.75. The first kappa shape index (κ1) is 21.3. The second kappa shape index (κ2) is 9.87. The van der Waals surface area contributed by atoms with Crippen molar-refractivity contribution >= 4 is 21.6 Å². The number of amides is 1. The summed E-state index contributed by atoms with van der Waals surface area (Å²) in [5, 5.41) is 2.80. The number of ether oxygens (including phenoxy) is 2. The number of nitrogens with one attached hydrogen (secondary N) is 1. The van der Waals surface area contributed by atoms with E-state index in [0.717, 1.165) is 12.8 Å². The Bertz CT molecular complexity index is 922. The summed E-state index contributed by atoms with van der Waals surface area (Å²) in [7, 11) is -3.56. The van der Waals surface area contributed by atoms with Gasteiger partial charge in [0, 0.05) is 18.8 Å². The fraction of sp³-hybridized carbons (Fsp3) is 0.381. The molecule has 1 heterocycles. The van der Waals surface area contributed by atoms with Gasteiger partial charge in [-0.15, -0.1) is 0 Å². The van der Waals surface area contributed by atoms with E-state index < -0.39 is 10.0 Å². The lowest BCUT2D eigenvalue weighted by molar-refractivity contribution is 0.0730. The van der Waals surface area contributed by atoms with E-state index in [0.29, 0.717) is 49.9 Å². The number of anilines is 1. The van der Waals surface area contributed by atoms with E-state index in [2.05, 4.69) is 12.2 Å². The van der Waals surface area contributed by atoms with Gasteiger partial charge < -0.3 is 14.8 Å². The number of para-hydroxylation sites is 1. The molecule has 2 aromatic rings. The SMILES string of the molecule is CCCCOc1ccccc1C(=O)Nc1ccc(S(=O)(=O)N2CCOCC2)cc1. The van der Waals surface area contributed by atoms with Gasteiger partial charge in [0.25, 0.3) is 5.91 Å². The van der Waals surface area contributed by atoms with Crippen LogP contribution in [0.2, 0.25) is 0 Å². The maximum atomic E-state index is 12.7. The lowest BCUT2D eigenvalue weighted by Crippen LogP contribution is -2.40. The summed E-state index contributed by atoms with van der Waals surface area (Å²) in [5.41, 5.74) is 0.952. The number of rotatable bonds is 8. The molecule has 0 radical (unpaired) electrons. The Morgan fingerprint density at radius 1 is 1.10 bits per heavy atom. The maximum absolute atomic E-state index is 12.7. The van der Waals surface area contributed by atoms with Gasteiger partial charge in [0.15, 0.2) is 0 Å². The first-order chi connectivity index (χ1) is 14.0. The molecule has 0 aliphatic carbocycles. The number of hydrogen-bond donors (Lipinski definition) is 1. The number of nitrogens with zero attached hydrogens (tertiary/aromatic N) is 1. The topological polar surface area (TPSA) is 84.9 Å². The maximum Gasteiger partial charge on any atom is 0.259 e. The van der Waals surface area contributed by atoms with Crippen LogP contribution in [0.25, 0.3) is 0 Å². The van der Waals surface area contributed by atoms with Crippen LogP contribution in [0.1, 0.15) is 30.1 Å². The third kappa shape index (κ3) is 5.35. The van der Waals surface area contributed by atoms with E-state index in [9.17, 15) is 13.2 Å². The van der Waals surface area contributed by atoms with Gasteiger partial charge in [-0.3, -0.25) is 4.79 Å². The van der Waals surface area contributed by atoms with E-state index in [1.54, 1.807) is 30.3 Å². The predicted octanol–water partition coefficient (Wildman–Crippen LogP) is 3.14.